The Balaban J connectivity index is 1.44. The summed E-state index contributed by atoms with van der Waals surface area (Å²) in [6, 6.07) is 19.2. The molecule has 5 nitrogen and oxygen atoms in total. The van der Waals surface area contributed by atoms with Crippen LogP contribution in [0, 0.1) is 17.0 Å². The van der Waals surface area contributed by atoms with Gasteiger partial charge in [0.1, 0.15) is 18.2 Å². The molecule has 0 saturated carbocycles. The summed E-state index contributed by atoms with van der Waals surface area (Å²) in [5.74, 6) is -1.23. The number of aliphatic hydroxyl groups excluding tert-OH is 1. The molecule has 1 heterocycles. The predicted molar refractivity (Wildman–Crippen MR) is 150 cm³/mol. The number of carbonyl (C=O) groups excluding carboxylic acids is 1. The Kier molecular flexibility index (Phi) is 9.36. The number of aliphatic hydroxyl groups is 1. The zero-order valence-electron chi connectivity index (χ0n) is 22.9. The number of benzene rings is 3. The number of amides is 1. The Bertz CT molecular complexity index is 1240. The molecule has 0 spiro atoms. The second kappa shape index (κ2) is 12.7. The lowest BCUT2D eigenvalue weighted by molar-refractivity contribution is 0.144. The van der Waals surface area contributed by atoms with Crippen LogP contribution in [-0.2, 0) is 24.2 Å². The lowest BCUT2D eigenvalue weighted by Crippen LogP contribution is -2.41. The van der Waals surface area contributed by atoms with E-state index in [0.717, 1.165) is 29.3 Å². The molecule has 0 aliphatic carbocycles. The fourth-order valence-corrected chi connectivity index (χ4v) is 5.05. The highest BCUT2D eigenvalue weighted by Crippen LogP contribution is 2.36. The van der Waals surface area contributed by atoms with Crippen molar-refractivity contribution in [3.63, 3.8) is 0 Å². The molecule has 2 atom stereocenters. The summed E-state index contributed by atoms with van der Waals surface area (Å²) in [6.45, 7) is 7.58. The Labute approximate surface area is 229 Å². The third-order valence-corrected chi connectivity index (χ3v) is 6.85. The summed E-state index contributed by atoms with van der Waals surface area (Å²) in [5, 5.41) is 14.1. The largest absolute Gasteiger partial charge is 0.444 e. The molecule has 2 unspecified atom stereocenters. The van der Waals surface area contributed by atoms with E-state index in [1.54, 1.807) is 4.90 Å². The number of rotatable bonds is 9. The topological polar surface area (TPSA) is 61.8 Å². The Morgan fingerprint density at radius 3 is 2.44 bits per heavy atom. The maximum Gasteiger partial charge on any atom is 0.414 e. The smallest absolute Gasteiger partial charge is 0.414 e. The summed E-state index contributed by atoms with van der Waals surface area (Å²) in [4.78, 5) is 14.8. The van der Waals surface area contributed by atoms with Crippen molar-refractivity contribution >= 4 is 11.8 Å². The molecule has 0 fully saturated rings. The van der Waals surface area contributed by atoms with Gasteiger partial charge in [0.2, 0.25) is 0 Å². The fourth-order valence-electron chi connectivity index (χ4n) is 5.05. The summed E-state index contributed by atoms with van der Waals surface area (Å²) in [7, 11) is 0. The van der Waals surface area contributed by atoms with Crippen molar-refractivity contribution in [3.05, 3.63) is 101 Å². The van der Waals surface area contributed by atoms with Crippen LogP contribution in [0.5, 0.6) is 0 Å². The normalized spacial score (nSPS) is 16.1. The monoisotopic (exact) mass is 536 g/mol. The molecule has 1 aliphatic heterocycles. The first kappa shape index (κ1) is 28.7. The Morgan fingerprint density at radius 1 is 1.03 bits per heavy atom. The van der Waals surface area contributed by atoms with Gasteiger partial charge in [0.25, 0.3) is 0 Å². The van der Waals surface area contributed by atoms with Crippen molar-refractivity contribution in [2.45, 2.75) is 65.2 Å². The van der Waals surface area contributed by atoms with Crippen LogP contribution in [0.25, 0.3) is 0 Å². The highest BCUT2D eigenvalue weighted by Gasteiger charge is 2.30. The van der Waals surface area contributed by atoms with E-state index in [-0.39, 0.29) is 24.2 Å². The van der Waals surface area contributed by atoms with E-state index in [2.05, 4.69) is 38.2 Å². The Morgan fingerprint density at radius 2 is 1.74 bits per heavy atom. The van der Waals surface area contributed by atoms with Crippen molar-refractivity contribution in [1.82, 2.24) is 5.32 Å². The van der Waals surface area contributed by atoms with Crippen LogP contribution in [0.2, 0.25) is 0 Å². The molecule has 1 amide bonds. The van der Waals surface area contributed by atoms with Gasteiger partial charge in [-0.3, -0.25) is 4.90 Å². The van der Waals surface area contributed by atoms with E-state index < -0.39 is 17.7 Å². The number of hydrogen-bond donors (Lipinski definition) is 2. The van der Waals surface area contributed by atoms with Gasteiger partial charge < -0.3 is 15.2 Å². The molecule has 2 N–H and O–H groups in total. The molecular weight excluding hydrogens is 498 g/mol. The highest BCUT2D eigenvalue weighted by atomic mass is 19.1. The number of aryl methyl sites for hydroxylation is 1. The lowest BCUT2D eigenvalue weighted by Gasteiger charge is -2.35. The van der Waals surface area contributed by atoms with Crippen molar-refractivity contribution in [2.24, 2.45) is 5.41 Å². The molecule has 4 rings (SSSR count). The third-order valence-electron chi connectivity index (χ3n) is 6.85. The minimum absolute atomic E-state index is 0.0562. The summed E-state index contributed by atoms with van der Waals surface area (Å²) in [5.41, 5.74) is 4.54. The van der Waals surface area contributed by atoms with Gasteiger partial charge >= 0.3 is 6.09 Å². The number of fused-ring (bicyclic) bond motifs is 1. The molecular formula is C32H38F2N2O3. The van der Waals surface area contributed by atoms with Gasteiger partial charge in [0.05, 0.1) is 11.8 Å². The van der Waals surface area contributed by atoms with Crippen molar-refractivity contribution in [3.8, 4) is 0 Å². The van der Waals surface area contributed by atoms with Gasteiger partial charge in [-0.2, -0.15) is 0 Å². The summed E-state index contributed by atoms with van der Waals surface area (Å²) in [6.07, 6.45) is 1.22. The minimum Gasteiger partial charge on any atom is -0.444 e. The molecule has 39 heavy (non-hydrogen) atoms. The maximum atomic E-state index is 13.5. The molecule has 0 saturated heterocycles. The molecule has 3 aromatic rings. The van der Waals surface area contributed by atoms with Crippen LogP contribution in [-0.4, -0.2) is 30.4 Å². The van der Waals surface area contributed by atoms with Gasteiger partial charge in [-0.1, -0.05) is 63.2 Å². The van der Waals surface area contributed by atoms with Gasteiger partial charge in [0, 0.05) is 25.2 Å². The van der Waals surface area contributed by atoms with E-state index in [9.17, 15) is 18.7 Å². The molecule has 208 valence electrons. The number of nitrogens with zero attached hydrogens (tertiary/aromatic N) is 1. The predicted octanol–water partition coefficient (Wildman–Crippen LogP) is 6.72. The molecule has 0 radical (unpaired) electrons. The first-order valence-corrected chi connectivity index (χ1v) is 13.5. The SMILES string of the molecule is CC(C)(C)Cc1ccc2c(c1)C(NCC(O)CCc1cc(F)cc(F)c1)CCN2C(=O)OCc1ccccc1. The zero-order valence-corrected chi connectivity index (χ0v) is 22.9. The number of hydrogen-bond acceptors (Lipinski definition) is 4. The molecule has 0 aromatic heterocycles. The van der Waals surface area contributed by atoms with Crippen molar-refractivity contribution < 1.29 is 23.4 Å². The maximum absolute atomic E-state index is 13.5. The van der Waals surface area contributed by atoms with Gasteiger partial charge in [-0.15, -0.1) is 0 Å². The first-order chi connectivity index (χ1) is 18.6. The van der Waals surface area contributed by atoms with Crippen LogP contribution >= 0.6 is 0 Å². The second-order valence-corrected chi connectivity index (χ2v) is 11.5. The van der Waals surface area contributed by atoms with Crippen molar-refractivity contribution in [1.29, 1.82) is 0 Å². The van der Waals surface area contributed by atoms with Crippen LogP contribution in [0.4, 0.5) is 19.3 Å². The minimum atomic E-state index is -0.689. The van der Waals surface area contributed by atoms with E-state index >= 15 is 0 Å². The highest BCUT2D eigenvalue weighted by molar-refractivity contribution is 5.89. The quantitative estimate of drug-likeness (QED) is 0.319. The lowest BCUT2D eigenvalue weighted by atomic mass is 9.86. The fraction of sp³-hybridized carbons (Fsp3) is 0.406. The average Bonchev–Trinajstić information content (AvgIpc) is 2.88. The number of ether oxygens (including phenoxy) is 1. The molecule has 3 aromatic carbocycles. The summed E-state index contributed by atoms with van der Waals surface area (Å²) < 4.78 is 32.6. The van der Waals surface area contributed by atoms with E-state index in [4.69, 9.17) is 4.74 Å². The average molecular weight is 537 g/mol. The number of nitrogens with one attached hydrogen (secondary N) is 1. The van der Waals surface area contributed by atoms with Gasteiger partial charge in [-0.25, -0.2) is 13.6 Å². The molecule has 0 bridgehead atoms. The van der Waals surface area contributed by atoms with Crippen LogP contribution in [0.3, 0.4) is 0 Å². The molecule has 7 heteroatoms. The van der Waals surface area contributed by atoms with E-state index in [1.165, 1.54) is 17.7 Å². The standard InChI is InChI=1S/C32H38F2N2O3/c1-32(2,3)19-24-10-12-30-28(17-24)29(13-14-36(30)31(38)39-21-22-7-5-4-6-8-22)35-20-27(37)11-9-23-15-25(33)18-26(34)16-23/h4-8,10,12,15-18,27,29,35,37H,9,11,13-14,19-21H2,1-3H3. The van der Waals surface area contributed by atoms with E-state index in [1.807, 2.05) is 36.4 Å². The molecule has 1 aliphatic rings. The number of halogens is 2. The van der Waals surface area contributed by atoms with Crippen LogP contribution < -0.4 is 10.2 Å². The van der Waals surface area contributed by atoms with Gasteiger partial charge in [0.15, 0.2) is 0 Å². The zero-order chi connectivity index (χ0) is 28.0. The second-order valence-electron chi connectivity index (χ2n) is 11.5. The third kappa shape index (κ3) is 8.35. The number of carbonyl (C=O) groups is 1. The van der Waals surface area contributed by atoms with Crippen LogP contribution in [0.15, 0.2) is 66.7 Å². The number of anilines is 1. The first-order valence-electron chi connectivity index (χ1n) is 13.5. The van der Waals surface area contributed by atoms with Gasteiger partial charge in [-0.05, 0) is 71.6 Å². The Hall–Kier alpha value is -3.29. The van der Waals surface area contributed by atoms with E-state index in [0.29, 0.717) is 37.9 Å². The van der Waals surface area contributed by atoms with Crippen molar-refractivity contribution in [2.75, 3.05) is 18.0 Å². The van der Waals surface area contributed by atoms with Crippen LogP contribution in [0.1, 0.15) is 61.9 Å². The summed E-state index contributed by atoms with van der Waals surface area (Å²) >= 11 is 0.